The number of benzene rings is 1. The molecule has 0 fully saturated rings. The number of sulfone groups is 1. The van der Waals surface area contributed by atoms with Gasteiger partial charge in [0.1, 0.15) is 5.82 Å². The molecule has 0 saturated heterocycles. The second kappa shape index (κ2) is 3.20. The molecule has 4 nitrogen and oxygen atoms in total. The zero-order valence-corrected chi connectivity index (χ0v) is 8.95. The van der Waals surface area contributed by atoms with Crippen molar-refractivity contribution in [3.63, 3.8) is 0 Å². The first kappa shape index (κ1) is 9.92. The second-order valence-corrected chi connectivity index (χ2v) is 5.37. The minimum atomic E-state index is -3.17. The van der Waals surface area contributed by atoms with E-state index in [-0.39, 0.29) is 0 Å². The summed E-state index contributed by atoms with van der Waals surface area (Å²) in [4.78, 5) is 4.22. The van der Waals surface area contributed by atoms with Crippen LogP contribution in [0, 0.1) is 0 Å². The first-order valence-corrected chi connectivity index (χ1v) is 6.22. The predicted octanol–water partition coefficient (Wildman–Crippen LogP) is 1.22. The average molecular weight is 222 g/mol. The van der Waals surface area contributed by atoms with E-state index in [0.29, 0.717) is 10.7 Å². The second-order valence-electron chi connectivity index (χ2n) is 3.35. The Kier molecular flexibility index (Phi) is 2.12. The van der Waals surface area contributed by atoms with Gasteiger partial charge in [-0.15, -0.1) is 0 Å². The molecule has 2 aromatic rings. The van der Waals surface area contributed by atoms with Crippen LogP contribution in [0.4, 0.5) is 5.82 Å². The number of rotatable bonds is 1. The van der Waals surface area contributed by atoms with Crippen LogP contribution in [0.3, 0.4) is 0 Å². The molecule has 5 heteroatoms. The maximum atomic E-state index is 11.3. The Hall–Kier alpha value is -1.62. The van der Waals surface area contributed by atoms with Gasteiger partial charge in [0, 0.05) is 17.8 Å². The third-order valence-corrected chi connectivity index (χ3v) is 3.31. The summed E-state index contributed by atoms with van der Waals surface area (Å²) < 4.78 is 22.6. The van der Waals surface area contributed by atoms with Crippen molar-refractivity contribution in [2.75, 3.05) is 12.0 Å². The lowest BCUT2D eigenvalue weighted by atomic mass is 10.2. The summed E-state index contributed by atoms with van der Waals surface area (Å²) in [6.45, 7) is 0. The van der Waals surface area contributed by atoms with Crippen LogP contribution in [0.2, 0.25) is 0 Å². The third-order valence-electron chi connectivity index (χ3n) is 2.19. The largest absolute Gasteiger partial charge is 0.383 e. The Bertz CT molecular complexity index is 620. The van der Waals surface area contributed by atoms with Crippen LogP contribution in [0.25, 0.3) is 10.8 Å². The van der Waals surface area contributed by atoms with Gasteiger partial charge in [0.2, 0.25) is 0 Å². The Morgan fingerprint density at radius 1 is 1.27 bits per heavy atom. The van der Waals surface area contributed by atoms with Crippen LogP contribution >= 0.6 is 0 Å². The van der Waals surface area contributed by atoms with Crippen LogP contribution in [-0.4, -0.2) is 19.7 Å². The number of nitrogens with two attached hydrogens (primary N) is 1. The zero-order valence-electron chi connectivity index (χ0n) is 8.14. The van der Waals surface area contributed by atoms with E-state index in [4.69, 9.17) is 5.73 Å². The zero-order chi connectivity index (χ0) is 11.1. The molecule has 0 saturated carbocycles. The van der Waals surface area contributed by atoms with Crippen molar-refractivity contribution in [2.45, 2.75) is 4.90 Å². The van der Waals surface area contributed by atoms with Crippen LogP contribution in [0.5, 0.6) is 0 Å². The third kappa shape index (κ3) is 1.78. The normalized spacial score (nSPS) is 11.8. The van der Waals surface area contributed by atoms with Gasteiger partial charge >= 0.3 is 0 Å². The van der Waals surface area contributed by atoms with Crippen LogP contribution in [-0.2, 0) is 9.84 Å². The number of nitrogens with zero attached hydrogens (tertiary/aromatic N) is 1. The van der Waals surface area contributed by atoms with Crippen molar-refractivity contribution in [1.82, 2.24) is 4.98 Å². The molecule has 0 atom stereocenters. The van der Waals surface area contributed by atoms with E-state index in [1.54, 1.807) is 24.4 Å². The van der Waals surface area contributed by atoms with Gasteiger partial charge in [0.05, 0.1) is 4.90 Å². The molecule has 2 N–H and O–H groups in total. The number of aromatic nitrogens is 1. The summed E-state index contributed by atoms with van der Waals surface area (Å²) in [5, 5.41) is 1.55. The molecular formula is C10H10N2O2S. The van der Waals surface area contributed by atoms with Gasteiger partial charge in [-0.3, -0.25) is 0 Å². The first-order chi connectivity index (χ1) is 6.98. The van der Waals surface area contributed by atoms with Crippen LogP contribution in [0.1, 0.15) is 0 Å². The number of nitrogen functional groups attached to an aromatic ring is 1. The number of hydrogen-bond acceptors (Lipinski definition) is 4. The smallest absolute Gasteiger partial charge is 0.175 e. The van der Waals surface area contributed by atoms with Gasteiger partial charge in [-0.25, -0.2) is 13.4 Å². The molecule has 2 rings (SSSR count). The van der Waals surface area contributed by atoms with Crippen molar-refractivity contribution in [2.24, 2.45) is 0 Å². The van der Waals surface area contributed by atoms with Crippen molar-refractivity contribution >= 4 is 26.4 Å². The van der Waals surface area contributed by atoms with Crippen LogP contribution in [0.15, 0.2) is 35.4 Å². The Morgan fingerprint density at radius 3 is 2.67 bits per heavy atom. The molecule has 15 heavy (non-hydrogen) atoms. The summed E-state index contributed by atoms with van der Waals surface area (Å²) in [7, 11) is -3.17. The Morgan fingerprint density at radius 2 is 2.00 bits per heavy atom. The Labute approximate surface area is 87.7 Å². The molecule has 0 bridgehead atoms. The number of fused-ring (bicyclic) bond motifs is 1. The fraction of sp³-hybridized carbons (Fsp3) is 0.100. The molecule has 0 aliphatic rings. The highest BCUT2D eigenvalue weighted by Crippen LogP contribution is 2.21. The molecule has 0 spiro atoms. The quantitative estimate of drug-likeness (QED) is 0.787. The van der Waals surface area contributed by atoms with Gasteiger partial charge < -0.3 is 5.73 Å². The van der Waals surface area contributed by atoms with Gasteiger partial charge in [0.15, 0.2) is 9.84 Å². The monoisotopic (exact) mass is 222 g/mol. The molecule has 1 heterocycles. The van der Waals surface area contributed by atoms with E-state index < -0.39 is 9.84 Å². The van der Waals surface area contributed by atoms with E-state index in [0.717, 1.165) is 10.8 Å². The summed E-state index contributed by atoms with van der Waals surface area (Å²) in [5.74, 6) is 0.410. The maximum Gasteiger partial charge on any atom is 0.175 e. The molecule has 0 aliphatic heterocycles. The van der Waals surface area contributed by atoms with E-state index in [9.17, 15) is 8.42 Å². The van der Waals surface area contributed by atoms with E-state index in [2.05, 4.69) is 4.98 Å². The maximum absolute atomic E-state index is 11.3. The Balaban J connectivity index is 2.79. The molecule has 1 aromatic heterocycles. The predicted molar refractivity (Wildman–Crippen MR) is 59.3 cm³/mol. The van der Waals surface area contributed by atoms with E-state index in [1.165, 1.54) is 12.3 Å². The molecule has 1 aromatic carbocycles. The minimum Gasteiger partial charge on any atom is -0.383 e. The average Bonchev–Trinajstić information content (AvgIpc) is 2.16. The lowest BCUT2D eigenvalue weighted by molar-refractivity contribution is 0.602. The molecule has 78 valence electrons. The van der Waals surface area contributed by atoms with E-state index >= 15 is 0 Å². The standard InChI is InChI=1S/C10H10N2O2S/c1-15(13,14)8-2-3-9-7(6-8)4-5-12-10(9)11/h2-6H,1H3,(H2,11,12). The first-order valence-electron chi connectivity index (χ1n) is 4.33. The highest BCUT2D eigenvalue weighted by molar-refractivity contribution is 7.90. The lowest BCUT2D eigenvalue weighted by Gasteiger charge is -2.03. The van der Waals surface area contributed by atoms with E-state index in [1.807, 2.05) is 0 Å². The number of anilines is 1. The van der Waals surface area contributed by atoms with Crippen molar-refractivity contribution in [1.29, 1.82) is 0 Å². The molecule has 0 unspecified atom stereocenters. The SMILES string of the molecule is CS(=O)(=O)c1ccc2c(N)nccc2c1. The summed E-state index contributed by atoms with van der Waals surface area (Å²) in [5.41, 5.74) is 5.65. The molecule has 0 aliphatic carbocycles. The van der Waals surface area contributed by atoms with Crippen molar-refractivity contribution < 1.29 is 8.42 Å². The van der Waals surface area contributed by atoms with Gasteiger partial charge in [-0.05, 0) is 29.7 Å². The summed E-state index contributed by atoms with van der Waals surface area (Å²) >= 11 is 0. The van der Waals surface area contributed by atoms with Gasteiger partial charge in [-0.1, -0.05) is 0 Å². The minimum absolute atomic E-state index is 0.292. The molecule has 0 amide bonds. The van der Waals surface area contributed by atoms with Gasteiger partial charge in [0.25, 0.3) is 0 Å². The summed E-state index contributed by atoms with van der Waals surface area (Å²) in [6, 6.07) is 6.55. The molecular weight excluding hydrogens is 212 g/mol. The fourth-order valence-electron chi connectivity index (χ4n) is 1.41. The highest BCUT2D eigenvalue weighted by atomic mass is 32.2. The highest BCUT2D eigenvalue weighted by Gasteiger charge is 2.08. The summed E-state index contributed by atoms with van der Waals surface area (Å²) in [6.07, 6.45) is 2.74. The lowest BCUT2D eigenvalue weighted by Crippen LogP contribution is -1.97. The topological polar surface area (TPSA) is 73.0 Å². The number of pyridine rings is 1. The fourth-order valence-corrected chi connectivity index (χ4v) is 2.07. The van der Waals surface area contributed by atoms with Crippen molar-refractivity contribution in [3.05, 3.63) is 30.5 Å². The van der Waals surface area contributed by atoms with Gasteiger partial charge in [-0.2, -0.15) is 0 Å². The van der Waals surface area contributed by atoms with Crippen molar-refractivity contribution in [3.8, 4) is 0 Å². The van der Waals surface area contributed by atoms with Crippen LogP contribution < -0.4 is 5.73 Å². The molecule has 0 radical (unpaired) electrons. The number of hydrogen-bond donors (Lipinski definition) is 1.